The van der Waals surface area contributed by atoms with E-state index in [1.807, 2.05) is 32.0 Å². The van der Waals surface area contributed by atoms with Gasteiger partial charge in [0.15, 0.2) is 6.10 Å². The molecule has 2 amide bonds. The molecule has 1 atom stereocenters. The van der Waals surface area contributed by atoms with Gasteiger partial charge in [-0.1, -0.05) is 25.1 Å². The van der Waals surface area contributed by atoms with E-state index in [9.17, 15) is 9.59 Å². The molecule has 0 bridgehead atoms. The lowest BCUT2D eigenvalue weighted by Crippen LogP contribution is -2.47. The summed E-state index contributed by atoms with van der Waals surface area (Å²) in [6.45, 7) is 3.80. The number of benzene rings is 1. The molecule has 0 fully saturated rings. The van der Waals surface area contributed by atoms with Crippen molar-refractivity contribution in [3.05, 3.63) is 52.2 Å². The van der Waals surface area contributed by atoms with E-state index in [0.29, 0.717) is 17.0 Å². The van der Waals surface area contributed by atoms with Crippen molar-refractivity contribution < 1.29 is 14.3 Å². The first-order valence-electron chi connectivity index (χ1n) is 6.97. The SMILES string of the molecule is CCC(Oc1cccc(C)c1)C(=O)NNC(=O)c1cccs1. The highest BCUT2D eigenvalue weighted by atomic mass is 32.1. The van der Waals surface area contributed by atoms with Gasteiger partial charge in [0, 0.05) is 0 Å². The van der Waals surface area contributed by atoms with Crippen LogP contribution < -0.4 is 15.6 Å². The number of amides is 2. The van der Waals surface area contributed by atoms with Crippen molar-refractivity contribution in [1.82, 2.24) is 10.9 Å². The van der Waals surface area contributed by atoms with E-state index in [4.69, 9.17) is 4.74 Å². The molecular weight excluding hydrogens is 300 g/mol. The van der Waals surface area contributed by atoms with Crippen molar-refractivity contribution >= 4 is 23.2 Å². The molecule has 1 heterocycles. The first-order chi connectivity index (χ1) is 10.6. The standard InChI is InChI=1S/C16H18N2O3S/c1-3-13(21-12-7-4-6-11(2)10-12)15(19)17-18-16(20)14-8-5-9-22-14/h4-10,13H,3H2,1-2H3,(H,17,19)(H,18,20). The Labute approximate surface area is 133 Å². The van der Waals surface area contributed by atoms with Crippen molar-refractivity contribution in [2.45, 2.75) is 26.4 Å². The van der Waals surface area contributed by atoms with Gasteiger partial charge in [-0.05, 0) is 42.5 Å². The van der Waals surface area contributed by atoms with Crippen LogP contribution in [-0.2, 0) is 4.79 Å². The van der Waals surface area contributed by atoms with Crippen molar-refractivity contribution in [3.63, 3.8) is 0 Å². The molecule has 0 saturated carbocycles. The normalized spacial score (nSPS) is 11.5. The molecule has 1 unspecified atom stereocenters. The van der Waals surface area contributed by atoms with Crippen LogP contribution >= 0.6 is 11.3 Å². The third-order valence-corrected chi connectivity index (χ3v) is 3.84. The van der Waals surface area contributed by atoms with Gasteiger partial charge < -0.3 is 4.74 Å². The quantitative estimate of drug-likeness (QED) is 0.833. The van der Waals surface area contributed by atoms with E-state index >= 15 is 0 Å². The second-order valence-corrected chi connectivity index (χ2v) is 5.70. The Hall–Kier alpha value is -2.34. The zero-order valence-electron chi connectivity index (χ0n) is 12.5. The van der Waals surface area contributed by atoms with Gasteiger partial charge in [0.1, 0.15) is 5.75 Å². The fraction of sp³-hybridized carbons (Fsp3) is 0.250. The summed E-state index contributed by atoms with van der Waals surface area (Å²) in [7, 11) is 0. The topological polar surface area (TPSA) is 67.4 Å². The maximum absolute atomic E-state index is 12.1. The minimum atomic E-state index is -0.662. The lowest BCUT2D eigenvalue weighted by atomic mass is 10.2. The van der Waals surface area contributed by atoms with Crippen molar-refractivity contribution in [1.29, 1.82) is 0 Å². The summed E-state index contributed by atoms with van der Waals surface area (Å²) < 4.78 is 5.67. The van der Waals surface area contributed by atoms with Crippen molar-refractivity contribution in [2.24, 2.45) is 0 Å². The number of hydrazine groups is 1. The second-order valence-electron chi connectivity index (χ2n) is 4.75. The summed E-state index contributed by atoms with van der Waals surface area (Å²) in [5, 5.41) is 1.80. The highest BCUT2D eigenvalue weighted by Crippen LogP contribution is 2.15. The molecule has 0 aliphatic heterocycles. The van der Waals surface area contributed by atoms with Gasteiger partial charge in [-0.3, -0.25) is 20.4 Å². The lowest BCUT2D eigenvalue weighted by Gasteiger charge is -2.17. The van der Waals surface area contributed by atoms with Crippen LogP contribution in [-0.4, -0.2) is 17.9 Å². The number of hydrogen-bond acceptors (Lipinski definition) is 4. The monoisotopic (exact) mass is 318 g/mol. The molecule has 0 aliphatic rings. The van der Waals surface area contributed by atoms with Crippen LogP contribution in [0.2, 0.25) is 0 Å². The number of thiophene rings is 1. The first-order valence-corrected chi connectivity index (χ1v) is 7.85. The van der Waals surface area contributed by atoms with Crippen LogP contribution in [0.15, 0.2) is 41.8 Å². The summed E-state index contributed by atoms with van der Waals surface area (Å²) in [6, 6.07) is 10.9. The number of carbonyl (C=O) groups excluding carboxylic acids is 2. The van der Waals surface area contributed by atoms with Gasteiger partial charge in [-0.25, -0.2) is 0 Å². The van der Waals surface area contributed by atoms with Crippen molar-refractivity contribution in [2.75, 3.05) is 0 Å². The largest absolute Gasteiger partial charge is 0.481 e. The van der Waals surface area contributed by atoms with Gasteiger partial charge in [0.05, 0.1) is 4.88 Å². The number of aryl methyl sites for hydroxylation is 1. The van der Waals surface area contributed by atoms with Crippen LogP contribution in [0, 0.1) is 6.92 Å². The lowest BCUT2D eigenvalue weighted by molar-refractivity contribution is -0.128. The Morgan fingerprint density at radius 3 is 2.68 bits per heavy atom. The Morgan fingerprint density at radius 2 is 2.05 bits per heavy atom. The molecule has 0 saturated heterocycles. The fourth-order valence-corrected chi connectivity index (χ4v) is 2.46. The molecule has 0 radical (unpaired) electrons. The van der Waals surface area contributed by atoms with E-state index in [2.05, 4.69) is 10.9 Å². The van der Waals surface area contributed by atoms with E-state index in [0.717, 1.165) is 5.56 Å². The Morgan fingerprint density at radius 1 is 1.23 bits per heavy atom. The summed E-state index contributed by atoms with van der Waals surface area (Å²) in [5.74, 6) is -0.0887. The molecule has 116 valence electrons. The van der Waals surface area contributed by atoms with Crippen molar-refractivity contribution in [3.8, 4) is 5.75 Å². The minimum absolute atomic E-state index is 0.339. The van der Waals surface area contributed by atoms with E-state index in [1.165, 1.54) is 11.3 Å². The molecule has 2 rings (SSSR count). The van der Waals surface area contributed by atoms with E-state index in [1.54, 1.807) is 23.6 Å². The fourth-order valence-electron chi connectivity index (χ4n) is 1.84. The Bertz CT molecular complexity index is 641. The van der Waals surface area contributed by atoms with Gasteiger partial charge in [0.25, 0.3) is 11.8 Å². The molecule has 0 spiro atoms. The van der Waals surface area contributed by atoms with Gasteiger partial charge in [0.2, 0.25) is 0 Å². The molecule has 2 N–H and O–H groups in total. The summed E-state index contributed by atoms with van der Waals surface area (Å²) >= 11 is 1.31. The van der Waals surface area contributed by atoms with E-state index in [-0.39, 0.29) is 11.8 Å². The molecule has 1 aromatic heterocycles. The third-order valence-electron chi connectivity index (χ3n) is 2.98. The summed E-state index contributed by atoms with van der Waals surface area (Å²) in [5.41, 5.74) is 5.84. The first kappa shape index (κ1) is 16.0. The number of carbonyl (C=O) groups is 2. The summed E-state index contributed by atoms with van der Waals surface area (Å²) in [4.78, 5) is 24.4. The maximum atomic E-state index is 12.1. The second kappa shape index (κ2) is 7.61. The molecule has 6 heteroatoms. The molecular formula is C16H18N2O3S. The van der Waals surface area contributed by atoms with Crippen LogP contribution in [0.25, 0.3) is 0 Å². The number of ether oxygens (including phenoxy) is 1. The molecule has 2 aromatic rings. The number of rotatable bonds is 5. The van der Waals surface area contributed by atoms with Crippen LogP contribution in [0.3, 0.4) is 0 Å². The van der Waals surface area contributed by atoms with Crippen LogP contribution in [0.4, 0.5) is 0 Å². The average Bonchev–Trinajstić information content (AvgIpc) is 3.04. The molecule has 1 aromatic carbocycles. The van der Waals surface area contributed by atoms with Gasteiger partial charge >= 0.3 is 0 Å². The Balaban J connectivity index is 1.90. The average molecular weight is 318 g/mol. The molecule has 5 nitrogen and oxygen atoms in total. The maximum Gasteiger partial charge on any atom is 0.279 e. The predicted molar refractivity (Wildman–Crippen MR) is 85.8 cm³/mol. The van der Waals surface area contributed by atoms with E-state index < -0.39 is 6.10 Å². The zero-order chi connectivity index (χ0) is 15.9. The predicted octanol–water partition coefficient (Wildman–Crippen LogP) is 2.68. The number of hydrogen-bond donors (Lipinski definition) is 2. The third kappa shape index (κ3) is 4.33. The molecule has 22 heavy (non-hydrogen) atoms. The zero-order valence-corrected chi connectivity index (χ0v) is 13.3. The van der Waals surface area contributed by atoms with Gasteiger partial charge in [-0.2, -0.15) is 0 Å². The Kier molecular flexibility index (Phi) is 5.55. The molecule has 0 aliphatic carbocycles. The van der Waals surface area contributed by atoms with Crippen LogP contribution in [0.5, 0.6) is 5.75 Å². The summed E-state index contributed by atoms with van der Waals surface area (Å²) in [6.07, 6.45) is -0.167. The van der Waals surface area contributed by atoms with Gasteiger partial charge in [-0.15, -0.1) is 11.3 Å². The van der Waals surface area contributed by atoms with Crippen LogP contribution in [0.1, 0.15) is 28.6 Å². The highest BCUT2D eigenvalue weighted by Gasteiger charge is 2.19. The minimum Gasteiger partial charge on any atom is -0.481 e. The highest BCUT2D eigenvalue weighted by molar-refractivity contribution is 7.12. The smallest absolute Gasteiger partial charge is 0.279 e. The number of nitrogens with one attached hydrogen (secondary N) is 2.